The van der Waals surface area contributed by atoms with Gasteiger partial charge in [0.15, 0.2) is 0 Å². The van der Waals surface area contributed by atoms with Crippen molar-refractivity contribution >= 4 is 0 Å². The van der Waals surface area contributed by atoms with Crippen LogP contribution in [0.15, 0.2) is 12.2 Å². The first-order valence-electron chi connectivity index (χ1n) is 4.81. The number of rotatable bonds is 2. The summed E-state index contributed by atoms with van der Waals surface area (Å²) in [6, 6.07) is 0. The summed E-state index contributed by atoms with van der Waals surface area (Å²) in [6.07, 6.45) is 7.07. The zero-order valence-electron chi connectivity index (χ0n) is 8.14. The summed E-state index contributed by atoms with van der Waals surface area (Å²) in [5.74, 6) is 0. The van der Waals surface area contributed by atoms with Crippen molar-refractivity contribution in [2.75, 3.05) is 19.6 Å². The van der Waals surface area contributed by atoms with Crippen LogP contribution in [0.25, 0.3) is 0 Å². The molecule has 1 heteroatoms. The van der Waals surface area contributed by atoms with Crippen LogP contribution in [0.3, 0.4) is 0 Å². The molecule has 0 N–H and O–H groups in total. The van der Waals surface area contributed by atoms with E-state index in [2.05, 4.69) is 24.0 Å². The van der Waals surface area contributed by atoms with Crippen LogP contribution in [0.5, 0.6) is 0 Å². The normalized spacial score (nSPS) is 17.4. The molecule has 0 radical (unpaired) electrons. The Bertz CT molecular complexity index is 97.0. The molecule has 1 nitrogen and oxygen atoms in total. The third-order valence-corrected chi connectivity index (χ3v) is 1.68. The Hall–Kier alpha value is -0.300. The van der Waals surface area contributed by atoms with Gasteiger partial charge in [-0.2, -0.15) is 0 Å². The summed E-state index contributed by atoms with van der Waals surface area (Å²) in [7, 11) is 0. The van der Waals surface area contributed by atoms with E-state index in [-0.39, 0.29) is 0 Å². The van der Waals surface area contributed by atoms with E-state index in [9.17, 15) is 0 Å². The molecule has 0 aromatic carbocycles. The molecule has 1 rings (SSSR count). The lowest BCUT2D eigenvalue weighted by atomic mass is 10.2. The highest BCUT2D eigenvalue weighted by Crippen LogP contribution is 2.00. The van der Waals surface area contributed by atoms with Crippen molar-refractivity contribution in [3.8, 4) is 0 Å². The number of nitrogens with zero attached hydrogens (tertiary/aromatic N) is 1. The Morgan fingerprint density at radius 1 is 1.27 bits per heavy atom. The van der Waals surface area contributed by atoms with Crippen molar-refractivity contribution < 1.29 is 0 Å². The average Bonchev–Trinajstić information content (AvgIpc) is 2.11. The molecule has 0 spiro atoms. The summed E-state index contributed by atoms with van der Waals surface area (Å²) in [5, 5.41) is 0. The minimum atomic E-state index is 1.17. The predicted molar refractivity (Wildman–Crippen MR) is 51.8 cm³/mol. The van der Waals surface area contributed by atoms with Gasteiger partial charge < -0.3 is 0 Å². The van der Waals surface area contributed by atoms with Crippen molar-refractivity contribution in [1.82, 2.24) is 4.90 Å². The Morgan fingerprint density at radius 3 is 2.45 bits per heavy atom. The summed E-state index contributed by atoms with van der Waals surface area (Å²) in [6.45, 7) is 9.95. The highest BCUT2D eigenvalue weighted by atomic mass is 15.1. The molecule has 0 saturated heterocycles. The van der Waals surface area contributed by atoms with Gasteiger partial charge in [-0.1, -0.05) is 32.9 Å². The zero-order chi connectivity index (χ0) is 8.53. The third-order valence-electron chi connectivity index (χ3n) is 1.68. The first kappa shape index (κ1) is 10.7. The largest absolute Gasteiger partial charge is 0.299 e. The first-order valence-corrected chi connectivity index (χ1v) is 4.81. The van der Waals surface area contributed by atoms with Gasteiger partial charge in [0.1, 0.15) is 0 Å². The van der Waals surface area contributed by atoms with Crippen molar-refractivity contribution in [3.05, 3.63) is 12.2 Å². The molecule has 0 fully saturated rings. The molecule has 0 aliphatic carbocycles. The third kappa shape index (κ3) is 5.02. The summed E-state index contributed by atoms with van der Waals surface area (Å²) >= 11 is 0. The van der Waals surface area contributed by atoms with E-state index in [4.69, 9.17) is 0 Å². The van der Waals surface area contributed by atoms with Gasteiger partial charge in [-0.15, -0.1) is 0 Å². The van der Waals surface area contributed by atoms with Gasteiger partial charge in [-0.25, -0.2) is 0 Å². The molecule has 0 aromatic heterocycles. The maximum Gasteiger partial charge on any atom is 0.0163 e. The van der Waals surface area contributed by atoms with Gasteiger partial charge in [-0.05, 0) is 19.4 Å². The molecule has 1 heterocycles. The minimum absolute atomic E-state index is 1.17. The van der Waals surface area contributed by atoms with Gasteiger partial charge in [0.05, 0.1) is 0 Å². The lowest BCUT2D eigenvalue weighted by Gasteiger charge is -2.21. The Labute approximate surface area is 71.1 Å². The van der Waals surface area contributed by atoms with Gasteiger partial charge in [-0.3, -0.25) is 4.90 Å². The van der Waals surface area contributed by atoms with Crippen molar-refractivity contribution in [3.63, 3.8) is 0 Å². The zero-order valence-corrected chi connectivity index (χ0v) is 8.14. The molecular weight excluding hydrogens is 134 g/mol. The van der Waals surface area contributed by atoms with Crippen molar-refractivity contribution in [2.24, 2.45) is 0 Å². The second-order valence-corrected chi connectivity index (χ2v) is 2.56. The number of hydrogen-bond acceptors (Lipinski definition) is 1. The highest BCUT2D eigenvalue weighted by molar-refractivity contribution is 4.90. The second kappa shape index (κ2) is 7.80. The molecule has 0 aromatic rings. The Balaban J connectivity index is 0.000000461. The second-order valence-electron chi connectivity index (χ2n) is 2.56. The van der Waals surface area contributed by atoms with Gasteiger partial charge >= 0.3 is 0 Å². The molecular formula is C10H21N. The lowest BCUT2D eigenvalue weighted by molar-refractivity contribution is 0.299. The Kier molecular flexibility index (Phi) is 7.59. The molecule has 1 aliphatic heterocycles. The fourth-order valence-electron chi connectivity index (χ4n) is 1.21. The van der Waals surface area contributed by atoms with E-state index >= 15 is 0 Å². The minimum Gasteiger partial charge on any atom is -0.299 e. The van der Waals surface area contributed by atoms with E-state index < -0.39 is 0 Å². The van der Waals surface area contributed by atoms with Crippen LogP contribution < -0.4 is 0 Å². The Morgan fingerprint density at radius 2 is 2.00 bits per heavy atom. The lowest BCUT2D eigenvalue weighted by Crippen LogP contribution is -2.27. The highest BCUT2D eigenvalue weighted by Gasteiger charge is 2.02. The van der Waals surface area contributed by atoms with Crippen LogP contribution in [0.2, 0.25) is 0 Å². The fraction of sp³-hybridized carbons (Fsp3) is 0.800. The van der Waals surface area contributed by atoms with Crippen LogP contribution in [0.1, 0.15) is 33.6 Å². The van der Waals surface area contributed by atoms with Gasteiger partial charge in [0, 0.05) is 13.1 Å². The van der Waals surface area contributed by atoms with Crippen LogP contribution in [0.4, 0.5) is 0 Å². The summed E-state index contributed by atoms with van der Waals surface area (Å²) in [4.78, 5) is 2.49. The smallest absolute Gasteiger partial charge is 0.0163 e. The molecule has 0 bridgehead atoms. The van der Waals surface area contributed by atoms with Crippen molar-refractivity contribution in [2.45, 2.75) is 33.6 Å². The average molecular weight is 155 g/mol. The predicted octanol–water partition coefficient (Wildman–Crippen LogP) is 2.68. The van der Waals surface area contributed by atoms with Crippen LogP contribution in [-0.2, 0) is 0 Å². The number of hydrogen-bond donors (Lipinski definition) is 0. The van der Waals surface area contributed by atoms with E-state index in [1.54, 1.807) is 0 Å². The fourth-order valence-corrected chi connectivity index (χ4v) is 1.21. The van der Waals surface area contributed by atoms with E-state index in [0.29, 0.717) is 0 Å². The van der Waals surface area contributed by atoms with Gasteiger partial charge in [0.2, 0.25) is 0 Å². The molecule has 11 heavy (non-hydrogen) atoms. The van der Waals surface area contributed by atoms with E-state index in [0.717, 1.165) is 0 Å². The van der Waals surface area contributed by atoms with E-state index in [1.165, 1.54) is 32.5 Å². The van der Waals surface area contributed by atoms with Crippen molar-refractivity contribution in [1.29, 1.82) is 0 Å². The SMILES string of the molecule is CC.CCCN1CC=CCC1. The topological polar surface area (TPSA) is 3.24 Å². The van der Waals surface area contributed by atoms with E-state index in [1.807, 2.05) is 13.8 Å². The molecule has 0 unspecified atom stereocenters. The molecule has 66 valence electrons. The summed E-state index contributed by atoms with van der Waals surface area (Å²) < 4.78 is 0. The molecule has 0 atom stereocenters. The van der Waals surface area contributed by atoms with Crippen LogP contribution in [0, 0.1) is 0 Å². The standard InChI is InChI=1S/C8H15N.C2H6/c1-2-6-9-7-4-3-5-8-9;1-2/h3-4H,2,5-8H2,1H3;1-2H3. The maximum absolute atomic E-state index is 2.49. The monoisotopic (exact) mass is 155 g/mol. The first-order chi connectivity index (χ1) is 5.43. The van der Waals surface area contributed by atoms with Crippen LogP contribution in [-0.4, -0.2) is 24.5 Å². The van der Waals surface area contributed by atoms with Crippen LogP contribution >= 0.6 is 0 Å². The molecule has 0 saturated carbocycles. The van der Waals surface area contributed by atoms with Gasteiger partial charge in [0.25, 0.3) is 0 Å². The quantitative estimate of drug-likeness (QED) is 0.554. The maximum atomic E-state index is 2.49. The molecule has 1 aliphatic rings. The summed E-state index contributed by atoms with van der Waals surface area (Å²) in [5.41, 5.74) is 0. The molecule has 0 amide bonds.